The average molecular weight is 535 g/mol. The molecule has 2 N–H and O–H groups in total. The highest BCUT2D eigenvalue weighted by Crippen LogP contribution is 2.41. The third-order valence-electron chi connectivity index (χ3n) is 4.36. The van der Waals surface area contributed by atoms with Gasteiger partial charge in [-0.1, -0.05) is 37.6 Å². The summed E-state index contributed by atoms with van der Waals surface area (Å²) < 4.78 is 12.9. The molecule has 0 saturated heterocycles. The van der Waals surface area contributed by atoms with E-state index in [1.807, 2.05) is 36.4 Å². The molecule has 0 amide bonds. The van der Waals surface area contributed by atoms with Gasteiger partial charge in [0.1, 0.15) is 30.8 Å². The van der Waals surface area contributed by atoms with Crippen molar-refractivity contribution in [3.63, 3.8) is 0 Å². The van der Waals surface area contributed by atoms with Crippen LogP contribution < -0.4 is 9.47 Å². The van der Waals surface area contributed by atoms with Gasteiger partial charge in [-0.2, -0.15) is 0 Å². The fourth-order valence-electron chi connectivity index (χ4n) is 2.61. The molecule has 0 saturated carbocycles. The lowest BCUT2D eigenvalue weighted by Crippen LogP contribution is -2.21. The van der Waals surface area contributed by atoms with Crippen LogP contribution in [0.15, 0.2) is 57.0 Å². The molecule has 2 aromatic rings. The number of aliphatic hydroxyl groups excluding tert-OH is 2. The molecule has 2 aromatic carbocycles. The van der Waals surface area contributed by atoms with Crippen LogP contribution in [-0.4, -0.2) is 36.1 Å². The first kappa shape index (κ1) is 23.2. The van der Waals surface area contributed by atoms with E-state index in [0.717, 1.165) is 25.8 Å². The summed E-state index contributed by atoms with van der Waals surface area (Å²) in [6.07, 6.45) is 0.841. The van der Waals surface area contributed by atoms with E-state index in [2.05, 4.69) is 45.7 Å². The topological polar surface area (TPSA) is 58.9 Å². The van der Waals surface area contributed by atoms with E-state index in [-0.39, 0.29) is 18.6 Å². The van der Waals surface area contributed by atoms with E-state index in [1.165, 1.54) is 5.54 Å². The summed E-state index contributed by atoms with van der Waals surface area (Å²) in [5, 5.41) is 18.2. The van der Waals surface area contributed by atoms with Crippen LogP contribution in [0.4, 0.5) is 0 Å². The lowest BCUT2D eigenvalue weighted by Gasteiger charge is -2.27. The minimum Gasteiger partial charge on any atom is -0.491 e. The Morgan fingerprint density at radius 1 is 1.07 bits per heavy atom. The van der Waals surface area contributed by atoms with Gasteiger partial charge in [-0.25, -0.2) is 0 Å². The third-order valence-corrected chi connectivity index (χ3v) is 5.72. The van der Waals surface area contributed by atoms with Crippen molar-refractivity contribution >= 4 is 43.5 Å². The SMILES string of the molecule is CC(C)(c1ccc(OCC(O)CO)cc1)c1cc(Br)c(OC/C=C/Cl)c(Br)c1. The second-order valence-electron chi connectivity index (χ2n) is 6.74. The van der Waals surface area contributed by atoms with Crippen LogP contribution in [0, 0.1) is 0 Å². The Kier molecular flexibility index (Phi) is 8.83. The molecule has 28 heavy (non-hydrogen) atoms. The van der Waals surface area contributed by atoms with Gasteiger partial charge in [-0.05, 0) is 73.3 Å². The zero-order chi connectivity index (χ0) is 20.7. The van der Waals surface area contributed by atoms with Crippen molar-refractivity contribution in [2.45, 2.75) is 25.4 Å². The summed E-state index contributed by atoms with van der Waals surface area (Å²) >= 11 is 12.7. The van der Waals surface area contributed by atoms with Crippen molar-refractivity contribution < 1.29 is 19.7 Å². The van der Waals surface area contributed by atoms with Crippen LogP contribution in [0.5, 0.6) is 11.5 Å². The second-order valence-corrected chi connectivity index (χ2v) is 8.70. The van der Waals surface area contributed by atoms with Gasteiger partial charge in [-0.3, -0.25) is 0 Å². The molecule has 2 rings (SSSR count). The highest BCUT2D eigenvalue weighted by Gasteiger charge is 2.25. The van der Waals surface area contributed by atoms with Gasteiger partial charge >= 0.3 is 0 Å². The van der Waals surface area contributed by atoms with E-state index in [4.69, 9.17) is 26.2 Å². The molecule has 0 bridgehead atoms. The Hall–Kier alpha value is -1.05. The number of benzene rings is 2. The van der Waals surface area contributed by atoms with Gasteiger partial charge in [0.05, 0.1) is 15.6 Å². The predicted molar refractivity (Wildman–Crippen MR) is 119 cm³/mol. The number of rotatable bonds is 9. The summed E-state index contributed by atoms with van der Waals surface area (Å²) in [6, 6.07) is 11.8. The van der Waals surface area contributed by atoms with Gasteiger partial charge in [-0.15, -0.1) is 0 Å². The summed E-state index contributed by atoms with van der Waals surface area (Å²) in [6.45, 7) is 4.40. The van der Waals surface area contributed by atoms with Gasteiger partial charge in [0.25, 0.3) is 0 Å². The largest absolute Gasteiger partial charge is 0.491 e. The van der Waals surface area contributed by atoms with Crippen molar-refractivity contribution in [3.8, 4) is 11.5 Å². The highest BCUT2D eigenvalue weighted by molar-refractivity contribution is 9.11. The monoisotopic (exact) mass is 532 g/mol. The number of hydrogen-bond donors (Lipinski definition) is 2. The Morgan fingerprint density at radius 2 is 1.68 bits per heavy atom. The van der Waals surface area contributed by atoms with Crippen LogP contribution in [0.3, 0.4) is 0 Å². The third kappa shape index (κ3) is 5.97. The molecule has 1 unspecified atom stereocenters. The van der Waals surface area contributed by atoms with Crippen LogP contribution >= 0.6 is 43.5 Å². The summed E-state index contributed by atoms with van der Waals surface area (Å²) in [4.78, 5) is 0. The molecule has 0 radical (unpaired) electrons. The van der Waals surface area contributed by atoms with Gasteiger partial charge in [0, 0.05) is 11.0 Å². The fraction of sp³-hybridized carbons (Fsp3) is 0.333. The highest BCUT2D eigenvalue weighted by atomic mass is 79.9. The summed E-state index contributed by atoms with van der Waals surface area (Å²) in [5.74, 6) is 1.37. The molecular formula is C21H23Br2ClO4. The van der Waals surface area contributed by atoms with Gasteiger partial charge in [0.2, 0.25) is 0 Å². The zero-order valence-electron chi connectivity index (χ0n) is 15.7. The standard InChI is InChI=1S/C21H23Br2ClO4/c1-21(2,14-4-6-17(7-5-14)28-13-16(26)12-25)15-10-18(22)20(19(23)11-15)27-9-3-8-24/h3-8,10-11,16,25-26H,9,12-13H2,1-2H3/b8-3+. The maximum atomic E-state index is 9.39. The van der Waals surface area contributed by atoms with Gasteiger partial charge < -0.3 is 19.7 Å². The van der Waals surface area contributed by atoms with Crippen molar-refractivity contribution in [2.75, 3.05) is 19.8 Å². The first-order valence-corrected chi connectivity index (χ1v) is 10.7. The van der Waals surface area contributed by atoms with Crippen LogP contribution in [-0.2, 0) is 5.41 Å². The minimum atomic E-state index is -0.883. The summed E-state index contributed by atoms with van der Waals surface area (Å²) in [7, 11) is 0. The van der Waals surface area contributed by atoms with E-state index in [9.17, 15) is 5.11 Å². The maximum absolute atomic E-state index is 9.39. The minimum absolute atomic E-state index is 0.0551. The van der Waals surface area contributed by atoms with Crippen LogP contribution in [0.1, 0.15) is 25.0 Å². The Morgan fingerprint density at radius 3 is 2.21 bits per heavy atom. The molecule has 152 valence electrons. The Labute approximate surface area is 187 Å². The van der Waals surface area contributed by atoms with Crippen molar-refractivity contribution in [1.29, 1.82) is 0 Å². The summed E-state index contributed by atoms with van der Waals surface area (Å²) in [5.41, 5.74) is 3.39. The number of aliphatic hydroxyl groups is 2. The van der Waals surface area contributed by atoms with E-state index in [1.54, 1.807) is 6.08 Å². The zero-order valence-corrected chi connectivity index (χ0v) is 19.6. The molecule has 0 fully saturated rings. The molecule has 0 aromatic heterocycles. The molecule has 0 aliphatic heterocycles. The number of halogens is 3. The van der Waals surface area contributed by atoms with Crippen LogP contribution in [0.25, 0.3) is 0 Å². The van der Waals surface area contributed by atoms with Crippen molar-refractivity contribution in [3.05, 3.63) is 68.1 Å². The molecule has 0 heterocycles. The number of hydrogen-bond acceptors (Lipinski definition) is 4. The Bertz CT molecular complexity index is 784. The molecule has 0 aliphatic rings. The number of ether oxygens (including phenoxy) is 2. The molecular weight excluding hydrogens is 511 g/mol. The molecule has 0 spiro atoms. The van der Waals surface area contributed by atoms with Crippen LogP contribution in [0.2, 0.25) is 0 Å². The van der Waals surface area contributed by atoms with Crippen molar-refractivity contribution in [1.82, 2.24) is 0 Å². The average Bonchev–Trinajstić information content (AvgIpc) is 2.68. The fourth-order valence-corrected chi connectivity index (χ4v) is 4.09. The van der Waals surface area contributed by atoms with Gasteiger partial charge in [0.15, 0.2) is 0 Å². The quantitative estimate of drug-likeness (QED) is 0.452. The van der Waals surface area contributed by atoms with E-state index < -0.39 is 6.10 Å². The molecule has 7 heteroatoms. The lowest BCUT2D eigenvalue weighted by molar-refractivity contribution is 0.0536. The predicted octanol–water partition coefficient (Wildman–Crippen LogP) is 5.40. The first-order chi connectivity index (χ1) is 13.3. The second kappa shape index (κ2) is 10.6. The maximum Gasteiger partial charge on any atom is 0.148 e. The molecule has 0 aliphatic carbocycles. The normalized spacial score (nSPS) is 13.0. The first-order valence-electron chi connectivity index (χ1n) is 8.69. The van der Waals surface area contributed by atoms with E-state index in [0.29, 0.717) is 12.4 Å². The Balaban J connectivity index is 2.21. The van der Waals surface area contributed by atoms with E-state index >= 15 is 0 Å². The lowest BCUT2D eigenvalue weighted by atomic mass is 9.78. The smallest absolute Gasteiger partial charge is 0.148 e. The van der Waals surface area contributed by atoms with Crippen molar-refractivity contribution in [2.24, 2.45) is 0 Å². The molecule has 4 nitrogen and oxygen atoms in total. The molecule has 1 atom stereocenters.